The van der Waals surface area contributed by atoms with Crippen LogP contribution in [0.2, 0.25) is 0 Å². The lowest BCUT2D eigenvalue weighted by Gasteiger charge is -2.21. The van der Waals surface area contributed by atoms with Crippen molar-refractivity contribution in [2.75, 3.05) is 13.7 Å². The van der Waals surface area contributed by atoms with Crippen LogP contribution in [0.5, 0.6) is 11.5 Å². The van der Waals surface area contributed by atoms with Crippen LogP contribution in [-0.4, -0.2) is 30.8 Å². The highest BCUT2D eigenvalue weighted by molar-refractivity contribution is 5.70. The number of amides is 1. The van der Waals surface area contributed by atoms with Crippen LogP contribution in [0.4, 0.5) is 4.79 Å². The third kappa shape index (κ3) is 4.92. The van der Waals surface area contributed by atoms with Gasteiger partial charge in [0.25, 0.3) is 0 Å². The molecule has 1 heterocycles. The van der Waals surface area contributed by atoms with Crippen LogP contribution in [-0.2, 0) is 24.3 Å². The molecule has 5 nitrogen and oxygen atoms in total. The fraction of sp³-hybridized carbons (Fsp3) is 0.240. The highest BCUT2D eigenvalue weighted by atomic mass is 16.6. The summed E-state index contributed by atoms with van der Waals surface area (Å²) in [6, 6.07) is 25.9. The van der Waals surface area contributed by atoms with Crippen molar-refractivity contribution in [1.29, 1.82) is 0 Å². The lowest BCUT2D eigenvalue weighted by Crippen LogP contribution is -2.34. The van der Waals surface area contributed by atoms with Crippen molar-refractivity contribution < 1.29 is 19.0 Å². The van der Waals surface area contributed by atoms with Crippen molar-refractivity contribution in [2.24, 2.45) is 0 Å². The minimum absolute atomic E-state index is 0.0138. The van der Waals surface area contributed by atoms with Crippen molar-refractivity contribution in [3.8, 4) is 11.5 Å². The summed E-state index contributed by atoms with van der Waals surface area (Å²) in [5.74, 6) is 1.63. The fourth-order valence-corrected chi connectivity index (χ4v) is 3.51. The Labute approximate surface area is 176 Å². The first-order chi connectivity index (χ1) is 14.7. The molecule has 4 rings (SSSR count). The number of hydrogen-bond donors (Lipinski definition) is 0. The molecule has 1 atom stereocenters. The standard InChI is InChI=1S/C25H25NO4/c1-28-23-11-7-19(8-12-23)15-22-18-30-25(27)26(22)16-20-9-13-24(14-10-20)29-17-21-5-3-2-4-6-21/h2-14,22H,15-18H2,1H3. The second-order valence-electron chi connectivity index (χ2n) is 7.33. The molecule has 0 bridgehead atoms. The maximum Gasteiger partial charge on any atom is 0.410 e. The molecule has 1 aliphatic rings. The zero-order chi connectivity index (χ0) is 20.8. The first-order valence-electron chi connectivity index (χ1n) is 10.0. The maximum absolute atomic E-state index is 12.3. The Morgan fingerprint density at radius 2 is 1.53 bits per heavy atom. The van der Waals surface area contributed by atoms with E-state index in [1.165, 1.54) is 0 Å². The fourth-order valence-electron chi connectivity index (χ4n) is 3.51. The Kier molecular flexibility index (Phi) is 6.18. The molecule has 154 valence electrons. The van der Waals surface area contributed by atoms with E-state index < -0.39 is 0 Å². The SMILES string of the molecule is COc1ccc(CC2COC(=O)N2Cc2ccc(OCc3ccccc3)cc2)cc1. The molecule has 1 aliphatic heterocycles. The topological polar surface area (TPSA) is 48.0 Å². The molecule has 1 fully saturated rings. The quantitative estimate of drug-likeness (QED) is 0.540. The van der Waals surface area contributed by atoms with Gasteiger partial charge in [0.05, 0.1) is 13.2 Å². The number of cyclic esters (lactones) is 1. The average Bonchev–Trinajstić information content (AvgIpc) is 3.13. The number of rotatable bonds is 8. The summed E-state index contributed by atoms with van der Waals surface area (Å²) < 4.78 is 16.4. The third-order valence-electron chi connectivity index (χ3n) is 5.23. The second-order valence-corrected chi connectivity index (χ2v) is 7.33. The molecule has 0 saturated carbocycles. The molecule has 5 heteroatoms. The number of hydrogen-bond acceptors (Lipinski definition) is 4. The van der Waals surface area contributed by atoms with Gasteiger partial charge in [0.2, 0.25) is 0 Å². The van der Waals surface area contributed by atoms with E-state index in [0.717, 1.165) is 34.6 Å². The number of methoxy groups -OCH3 is 1. The number of nitrogens with zero attached hydrogens (tertiary/aromatic N) is 1. The normalized spacial score (nSPS) is 15.7. The molecule has 0 aromatic heterocycles. The largest absolute Gasteiger partial charge is 0.497 e. The van der Waals surface area contributed by atoms with E-state index in [4.69, 9.17) is 14.2 Å². The average molecular weight is 403 g/mol. The Bertz CT molecular complexity index is 955. The molecular formula is C25H25NO4. The Morgan fingerprint density at radius 1 is 0.867 bits per heavy atom. The second kappa shape index (κ2) is 9.35. The maximum atomic E-state index is 12.3. The Morgan fingerprint density at radius 3 is 2.23 bits per heavy atom. The molecule has 0 radical (unpaired) electrons. The molecular weight excluding hydrogens is 378 g/mol. The van der Waals surface area contributed by atoms with Gasteiger partial charge in [0, 0.05) is 6.54 Å². The highest BCUT2D eigenvalue weighted by Crippen LogP contribution is 2.22. The van der Waals surface area contributed by atoms with Crippen LogP contribution >= 0.6 is 0 Å². The summed E-state index contributed by atoms with van der Waals surface area (Å²) in [4.78, 5) is 14.1. The summed E-state index contributed by atoms with van der Waals surface area (Å²) in [7, 11) is 1.65. The van der Waals surface area contributed by atoms with Crippen molar-refractivity contribution >= 4 is 6.09 Å². The summed E-state index contributed by atoms with van der Waals surface area (Å²) in [6.45, 7) is 1.45. The van der Waals surface area contributed by atoms with Crippen molar-refractivity contribution in [3.63, 3.8) is 0 Å². The van der Waals surface area contributed by atoms with Gasteiger partial charge < -0.3 is 14.2 Å². The molecule has 0 N–H and O–H groups in total. The van der Waals surface area contributed by atoms with E-state index in [-0.39, 0.29) is 12.1 Å². The van der Waals surface area contributed by atoms with E-state index >= 15 is 0 Å². The number of ether oxygens (including phenoxy) is 3. The van der Waals surface area contributed by atoms with Gasteiger partial charge in [0.1, 0.15) is 24.7 Å². The van der Waals surface area contributed by atoms with Gasteiger partial charge >= 0.3 is 6.09 Å². The van der Waals surface area contributed by atoms with E-state index in [2.05, 4.69) is 0 Å². The van der Waals surface area contributed by atoms with Gasteiger partial charge in [0.15, 0.2) is 0 Å². The van der Waals surface area contributed by atoms with Crippen LogP contribution < -0.4 is 9.47 Å². The van der Waals surface area contributed by atoms with E-state index in [9.17, 15) is 4.79 Å². The van der Waals surface area contributed by atoms with E-state index in [0.29, 0.717) is 19.8 Å². The van der Waals surface area contributed by atoms with Gasteiger partial charge in [-0.1, -0.05) is 54.6 Å². The van der Waals surface area contributed by atoms with Crippen LogP contribution in [0.15, 0.2) is 78.9 Å². The molecule has 1 amide bonds. The van der Waals surface area contributed by atoms with E-state index in [1.807, 2.05) is 78.9 Å². The molecule has 1 saturated heterocycles. The van der Waals surface area contributed by atoms with Gasteiger partial charge in [-0.3, -0.25) is 4.90 Å². The molecule has 3 aromatic carbocycles. The van der Waals surface area contributed by atoms with Crippen molar-refractivity contribution in [1.82, 2.24) is 4.90 Å². The van der Waals surface area contributed by atoms with Crippen LogP contribution in [0.3, 0.4) is 0 Å². The summed E-state index contributed by atoms with van der Waals surface area (Å²) in [5, 5.41) is 0. The van der Waals surface area contributed by atoms with Gasteiger partial charge in [-0.2, -0.15) is 0 Å². The number of carbonyl (C=O) groups excluding carboxylic acids is 1. The number of carbonyl (C=O) groups is 1. The smallest absolute Gasteiger partial charge is 0.410 e. The van der Waals surface area contributed by atoms with E-state index in [1.54, 1.807) is 12.0 Å². The first kappa shape index (κ1) is 19.8. The monoisotopic (exact) mass is 403 g/mol. The summed E-state index contributed by atoms with van der Waals surface area (Å²) >= 11 is 0. The Hall–Kier alpha value is -3.47. The Balaban J connectivity index is 1.36. The molecule has 3 aromatic rings. The zero-order valence-electron chi connectivity index (χ0n) is 17.0. The van der Waals surface area contributed by atoms with Crippen molar-refractivity contribution in [3.05, 3.63) is 95.6 Å². The lowest BCUT2D eigenvalue weighted by molar-refractivity contribution is 0.156. The van der Waals surface area contributed by atoms with Crippen molar-refractivity contribution in [2.45, 2.75) is 25.6 Å². The van der Waals surface area contributed by atoms with Gasteiger partial charge in [-0.15, -0.1) is 0 Å². The zero-order valence-corrected chi connectivity index (χ0v) is 17.0. The predicted octanol–water partition coefficient (Wildman–Crippen LogP) is 4.84. The number of benzene rings is 3. The molecule has 1 unspecified atom stereocenters. The molecule has 0 spiro atoms. The minimum Gasteiger partial charge on any atom is -0.497 e. The minimum atomic E-state index is -0.266. The van der Waals surface area contributed by atoms with Gasteiger partial charge in [-0.05, 0) is 47.4 Å². The predicted molar refractivity (Wildman–Crippen MR) is 115 cm³/mol. The highest BCUT2D eigenvalue weighted by Gasteiger charge is 2.32. The molecule has 0 aliphatic carbocycles. The van der Waals surface area contributed by atoms with Crippen LogP contribution in [0, 0.1) is 0 Å². The lowest BCUT2D eigenvalue weighted by atomic mass is 10.0. The molecule has 30 heavy (non-hydrogen) atoms. The van der Waals surface area contributed by atoms with Crippen LogP contribution in [0.25, 0.3) is 0 Å². The van der Waals surface area contributed by atoms with Gasteiger partial charge in [-0.25, -0.2) is 4.79 Å². The van der Waals surface area contributed by atoms with Crippen LogP contribution in [0.1, 0.15) is 16.7 Å². The summed E-state index contributed by atoms with van der Waals surface area (Å²) in [6.07, 6.45) is 0.478. The first-order valence-corrected chi connectivity index (χ1v) is 10.0. The third-order valence-corrected chi connectivity index (χ3v) is 5.23. The summed E-state index contributed by atoms with van der Waals surface area (Å²) in [5.41, 5.74) is 3.32.